The van der Waals surface area contributed by atoms with Gasteiger partial charge < -0.3 is 15.2 Å². The topological polar surface area (TPSA) is 41.5 Å². The van der Waals surface area contributed by atoms with E-state index in [1.807, 2.05) is 0 Å². The second kappa shape index (κ2) is 8.76. The first kappa shape index (κ1) is 17.6. The molecule has 1 heterocycles. The number of rotatable bonds is 8. The molecule has 0 aromatic rings. The molecule has 1 aliphatic heterocycles. The third kappa shape index (κ3) is 5.74. The van der Waals surface area contributed by atoms with E-state index in [1.165, 1.54) is 50.7 Å². The molecule has 1 saturated carbocycles. The number of ether oxygens (including phenoxy) is 1. The van der Waals surface area contributed by atoms with Crippen LogP contribution in [0.3, 0.4) is 0 Å². The Hall–Kier alpha value is 0.230. The second-order valence-corrected chi connectivity index (χ2v) is 8.69. The summed E-state index contributed by atoms with van der Waals surface area (Å²) in [5, 5.41) is 13.5. The molecule has 3 nitrogen and oxygen atoms in total. The van der Waals surface area contributed by atoms with Crippen molar-refractivity contribution in [1.82, 2.24) is 5.32 Å². The first-order valence-corrected chi connectivity index (χ1v) is 9.76. The van der Waals surface area contributed by atoms with Crippen LogP contribution in [0.1, 0.15) is 58.8 Å². The lowest BCUT2D eigenvalue weighted by molar-refractivity contribution is -0.0499. The number of nitrogens with one attached hydrogen (secondary N) is 1. The van der Waals surface area contributed by atoms with Crippen LogP contribution < -0.4 is 5.32 Å². The minimum Gasteiger partial charge on any atom is -0.389 e. The van der Waals surface area contributed by atoms with E-state index in [1.54, 1.807) is 0 Å². The fraction of sp³-hybridized carbons (Fsp3) is 1.00. The Kier molecular flexibility index (Phi) is 7.33. The Morgan fingerprint density at radius 1 is 1.33 bits per heavy atom. The Bertz CT molecular complexity index is 295. The molecule has 4 atom stereocenters. The first-order valence-electron chi connectivity index (χ1n) is 8.77. The number of hydrogen-bond acceptors (Lipinski definition) is 4. The van der Waals surface area contributed by atoms with Crippen molar-refractivity contribution < 1.29 is 9.84 Å². The summed E-state index contributed by atoms with van der Waals surface area (Å²) in [4.78, 5) is 0. The average Bonchev–Trinajstić information content (AvgIpc) is 2.92. The van der Waals surface area contributed by atoms with Crippen molar-refractivity contribution in [3.8, 4) is 0 Å². The largest absolute Gasteiger partial charge is 0.389 e. The highest BCUT2D eigenvalue weighted by atomic mass is 32.2. The number of aliphatic hydroxyl groups excluding tert-OH is 1. The van der Waals surface area contributed by atoms with Crippen molar-refractivity contribution >= 4 is 11.8 Å². The van der Waals surface area contributed by atoms with E-state index < -0.39 is 0 Å². The lowest BCUT2D eigenvalue weighted by Gasteiger charge is -2.31. The Balaban J connectivity index is 1.59. The van der Waals surface area contributed by atoms with Gasteiger partial charge in [-0.1, -0.05) is 26.2 Å². The monoisotopic (exact) mass is 315 g/mol. The zero-order chi connectivity index (χ0) is 15.1. The molecular weight excluding hydrogens is 282 g/mol. The van der Waals surface area contributed by atoms with Crippen LogP contribution in [0.5, 0.6) is 0 Å². The summed E-state index contributed by atoms with van der Waals surface area (Å²) in [6.07, 6.45) is 8.92. The van der Waals surface area contributed by atoms with Gasteiger partial charge in [0.15, 0.2) is 0 Å². The van der Waals surface area contributed by atoms with Gasteiger partial charge in [-0.3, -0.25) is 0 Å². The van der Waals surface area contributed by atoms with Gasteiger partial charge in [-0.25, -0.2) is 0 Å². The SMILES string of the molecule is CCC1CCCCC1OCC(O)CNCC1(C)CCCS1. The lowest BCUT2D eigenvalue weighted by Crippen LogP contribution is -2.39. The molecule has 0 aromatic carbocycles. The third-order valence-electron chi connectivity index (χ3n) is 5.05. The summed E-state index contributed by atoms with van der Waals surface area (Å²) in [5.74, 6) is 1.98. The Morgan fingerprint density at radius 3 is 2.86 bits per heavy atom. The van der Waals surface area contributed by atoms with Gasteiger partial charge in [-0.05, 0) is 44.3 Å². The van der Waals surface area contributed by atoms with Crippen LogP contribution in [0.25, 0.3) is 0 Å². The van der Waals surface area contributed by atoms with Crippen LogP contribution >= 0.6 is 11.8 Å². The minimum atomic E-state index is -0.376. The molecule has 0 radical (unpaired) electrons. The fourth-order valence-electron chi connectivity index (χ4n) is 3.63. The van der Waals surface area contributed by atoms with E-state index in [0.29, 0.717) is 29.9 Å². The van der Waals surface area contributed by atoms with Crippen molar-refractivity contribution in [2.24, 2.45) is 5.92 Å². The van der Waals surface area contributed by atoms with E-state index in [0.717, 1.165) is 6.54 Å². The Morgan fingerprint density at radius 2 is 2.14 bits per heavy atom. The van der Waals surface area contributed by atoms with Gasteiger partial charge in [0.1, 0.15) is 0 Å². The quantitative estimate of drug-likeness (QED) is 0.722. The molecule has 2 N–H and O–H groups in total. The zero-order valence-corrected chi connectivity index (χ0v) is 14.6. The maximum absolute atomic E-state index is 10.1. The molecule has 2 fully saturated rings. The van der Waals surface area contributed by atoms with Gasteiger partial charge >= 0.3 is 0 Å². The second-order valence-electron chi connectivity index (χ2n) is 7.01. The van der Waals surface area contributed by atoms with E-state index in [-0.39, 0.29) is 6.10 Å². The molecule has 0 spiro atoms. The highest BCUT2D eigenvalue weighted by Gasteiger charge is 2.29. The van der Waals surface area contributed by atoms with Gasteiger partial charge in [0, 0.05) is 17.8 Å². The van der Waals surface area contributed by atoms with Crippen molar-refractivity contribution in [2.45, 2.75) is 75.7 Å². The normalized spacial score (nSPS) is 35.0. The molecule has 4 unspecified atom stereocenters. The number of aliphatic hydroxyl groups is 1. The minimum absolute atomic E-state index is 0.372. The van der Waals surface area contributed by atoms with Gasteiger partial charge in [-0.2, -0.15) is 11.8 Å². The van der Waals surface area contributed by atoms with E-state index in [2.05, 4.69) is 30.9 Å². The van der Waals surface area contributed by atoms with Crippen LogP contribution in [0.4, 0.5) is 0 Å². The standard InChI is InChI=1S/C17H33NO2S/c1-3-14-7-4-5-8-16(14)20-12-15(19)11-18-13-17(2)9-6-10-21-17/h14-16,18-19H,3-13H2,1-2H3. The predicted octanol–water partition coefficient (Wildman–Crippen LogP) is 3.21. The molecule has 2 rings (SSSR count). The summed E-state index contributed by atoms with van der Waals surface area (Å²) < 4.78 is 6.37. The molecular formula is C17H33NO2S. The number of thioether (sulfide) groups is 1. The summed E-state index contributed by atoms with van der Waals surface area (Å²) >= 11 is 2.06. The highest BCUT2D eigenvalue weighted by Crippen LogP contribution is 2.36. The van der Waals surface area contributed by atoms with Crippen molar-refractivity contribution in [1.29, 1.82) is 0 Å². The smallest absolute Gasteiger partial charge is 0.0897 e. The van der Waals surface area contributed by atoms with E-state index in [4.69, 9.17) is 4.74 Å². The van der Waals surface area contributed by atoms with Gasteiger partial charge in [0.2, 0.25) is 0 Å². The maximum Gasteiger partial charge on any atom is 0.0897 e. The van der Waals surface area contributed by atoms with Crippen LogP contribution in [-0.2, 0) is 4.74 Å². The van der Waals surface area contributed by atoms with Crippen molar-refractivity contribution in [3.63, 3.8) is 0 Å². The van der Waals surface area contributed by atoms with Gasteiger partial charge in [-0.15, -0.1) is 0 Å². The molecule has 0 bridgehead atoms. The summed E-state index contributed by atoms with van der Waals surface area (Å²) in [7, 11) is 0. The summed E-state index contributed by atoms with van der Waals surface area (Å²) in [6.45, 7) is 6.71. The van der Waals surface area contributed by atoms with Gasteiger partial charge in [0.05, 0.1) is 18.8 Å². The molecule has 21 heavy (non-hydrogen) atoms. The van der Waals surface area contributed by atoms with Crippen LogP contribution in [-0.4, -0.2) is 47.5 Å². The highest BCUT2D eigenvalue weighted by molar-refractivity contribution is 8.00. The average molecular weight is 316 g/mol. The zero-order valence-electron chi connectivity index (χ0n) is 13.8. The van der Waals surface area contributed by atoms with Crippen LogP contribution in [0, 0.1) is 5.92 Å². The van der Waals surface area contributed by atoms with Crippen molar-refractivity contribution in [2.75, 3.05) is 25.4 Å². The molecule has 0 aromatic heterocycles. The predicted molar refractivity (Wildman–Crippen MR) is 91.0 cm³/mol. The summed E-state index contributed by atoms with van der Waals surface area (Å²) in [5.41, 5.74) is 0. The van der Waals surface area contributed by atoms with Crippen molar-refractivity contribution in [3.05, 3.63) is 0 Å². The third-order valence-corrected chi connectivity index (χ3v) is 6.58. The van der Waals surface area contributed by atoms with Gasteiger partial charge in [0.25, 0.3) is 0 Å². The molecule has 0 amide bonds. The van der Waals surface area contributed by atoms with E-state index >= 15 is 0 Å². The molecule has 4 heteroatoms. The molecule has 2 aliphatic rings. The molecule has 1 saturated heterocycles. The maximum atomic E-state index is 10.1. The van der Waals surface area contributed by atoms with Crippen LogP contribution in [0.15, 0.2) is 0 Å². The molecule has 1 aliphatic carbocycles. The molecule has 124 valence electrons. The number of hydrogen-bond donors (Lipinski definition) is 2. The van der Waals surface area contributed by atoms with Crippen LogP contribution in [0.2, 0.25) is 0 Å². The first-order chi connectivity index (χ1) is 10.1. The lowest BCUT2D eigenvalue weighted by atomic mass is 9.85. The fourth-order valence-corrected chi connectivity index (χ4v) is 4.91. The summed E-state index contributed by atoms with van der Waals surface area (Å²) in [6, 6.07) is 0. The Labute approximate surface area is 134 Å². The van der Waals surface area contributed by atoms with E-state index in [9.17, 15) is 5.11 Å².